The Bertz CT molecular complexity index is 633. The van der Waals surface area contributed by atoms with Crippen molar-refractivity contribution in [1.29, 1.82) is 0 Å². The highest BCUT2D eigenvalue weighted by molar-refractivity contribution is 14.1. The summed E-state index contributed by atoms with van der Waals surface area (Å²) in [5.74, 6) is -0.345. The molecule has 0 unspecified atom stereocenters. The van der Waals surface area contributed by atoms with E-state index >= 15 is 0 Å². The average Bonchev–Trinajstić information content (AvgIpc) is 2.41. The molecular formula is C16H16FIN2O. The first-order valence-electron chi connectivity index (χ1n) is 6.52. The van der Waals surface area contributed by atoms with E-state index in [1.807, 2.05) is 42.3 Å². The second-order valence-electron chi connectivity index (χ2n) is 4.83. The van der Waals surface area contributed by atoms with Gasteiger partial charge in [-0.1, -0.05) is 24.3 Å². The number of rotatable bonds is 5. The Morgan fingerprint density at radius 3 is 2.71 bits per heavy atom. The molecule has 0 saturated carbocycles. The van der Waals surface area contributed by atoms with Crippen molar-refractivity contribution in [2.45, 2.75) is 6.54 Å². The van der Waals surface area contributed by atoms with E-state index in [1.165, 1.54) is 12.1 Å². The molecule has 21 heavy (non-hydrogen) atoms. The molecule has 2 aromatic rings. The largest absolute Gasteiger partial charge is 0.324 e. The van der Waals surface area contributed by atoms with Crippen LogP contribution in [0.15, 0.2) is 48.5 Å². The minimum absolute atomic E-state index is 0.0852. The van der Waals surface area contributed by atoms with Crippen molar-refractivity contribution in [3.05, 3.63) is 63.5 Å². The molecule has 0 spiro atoms. The van der Waals surface area contributed by atoms with E-state index in [4.69, 9.17) is 0 Å². The van der Waals surface area contributed by atoms with Gasteiger partial charge in [0, 0.05) is 10.1 Å². The van der Waals surface area contributed by atoms with Crippen LogP contribution in [-0.4, -0.2) is 24.4 Å². The molecule has 0 radical (unpaired) electrons. The summed E-state index contributed by atoms with van der Waals surface area (Å²) in [6.45, 7) is 0.776. The Labute approximate surface area is 137 Å². The molecule has 0 aliphatic heterocycles. The quantitative estimate of drug-likeness (QED) is 0.783. The molecule has 3 nitrogen and oxygen atoms in total. The summed E-state index contributed by atoms with van der Waals surface area (Å²) in [4.78, 5) is 13.8. The number of nitrogens with one attached hydrogen (secondary N) is 1. The van der Waals surface area contributed by atoms with E-state index in [0.717, 1.165) is 14.8 Å². The average molecular weight is 398 g/mol. The number of carbonyl (C=O) groups is 1. The van der Waals surface area contributed by atoms with E-state index in [0.29, 0.717) is 6.54 Å². The third-order valence-corrected chi connectivity index (χ3v) is 3.84. The zero-order valence-corrected chi connectivity index (χ0v) is 13.8. The van der Waals surface area contributed by atoms with Gasteiger partial charge in [-0.2, -0.15) is 0 Å². The van der Waals surface area contributed by atoms with Crippen LogP contribution >= 0.6 is 22.6 Å². The summed E-state index contributed by atoms with van der Waals surface area (Å²) in [6.07, 6.45) is 0. The van der Waals surface area contributed by atoms with Gasteiger partial charge in [-0.05, 0) is 59.5 Å². The molecule has 0 fully saturated rings. The Morgan fingerprint density at radius 1 is 1.24 bits per heavy atom. The topological polar surface area (TPSA) is 32.3 Å². The number of hydrogen-bond donors (Lipinski definition) is 1. The predicted molar refractivity (Wildman–Crippen MR) is 90.5 cm³/mol. The summed E-state index contributed by atoms with van der Waals surface area (Å²) in [5.41, 5.74) is 1.65. The van der Waals surface area contributed by atoms with E-state index in [9.17, 15) is 9.18 Å². The van der Waals surface area contributed by atoms with Gasteiger partial charge in [-0.3, -0.25) is 9.69 Å². The van der Waals surface area contributed by atoms with Crippen LogP contribution in [0.4, 0.5) is 10.1 Å². The summed E-state index contributed by atoms with van der Waals surface area (Å²) < 4.78 is 14.1. The summed E-state index contributed by atoms with van der Waals surface area (Å²) in [5, 5.41) is 2.88. The maximum absolute atomic E-state index is 13.1. The predicted octanol–water partition coefficient (Wildman–Crippen LogP) is 3.50. The van der Waals surface area contributed by atoms with Gasteiger partial charge in [0.25, 0.3) is 0 Å². The molecule has 0 heterocycles. The van der Waals surface area contributed by atoms with Crippen molar-refractivity contribution in [2.75, 3.05) is 18.9 Å². The van der Waals surface area contributed by atoms with E-state index in [1.54, 1.807) is 6.07 Å². The smallest absolute Gasteiger partial charge is 0.238 e. The van der Waals surface area contributed by atoms with Crippen LogP contribution in [0.5, 0.6) is 0 Å². The number of benzene rings is 2. The molecule has 2 aromatic carbocycles. The Kier molecular flexibility index (Phi) is 5.69. The van der Waals surface area contributed by atoms with Crippen LogP contribution in [0.3, 0.4) is 0 Å². The lowest BCUT2D eigenvalue weighted by Crippen LogP contribution is -2.30. The molecular weight excluding hydrogens is 382 g/mol. The fourth-order valence-electron chi connectivity index (χ4n) is 2.00. The Balaban J connectivity index is 1.89. The number of likely N-dealkylation sites (N-methyl/N-ethyl adjacent to an activating group) is 1. The van der Waals surface area contributed by atoms with Crippen molar-refractivity contribution in [1.82, 2.24) is 4.90 Å². The van der Waals surface area contributed by atoms with Crippen LogP contribution in [0.25, 0.3) is 0 Å². The van der Waals surface area contributed by atoms with Crippen molar-refractivity contribution in [3.63, 3.8) is 0 Å². The minimum atomic E-state index is -0.260. The Morgan fingerprint density at radius 2 is 2.00 bits per heavy atom. The van der Waals surface area contributed by atoms with E-state index < -0.39 is 0 Å². The van der Waals surface area contributed by atoms with Crippen LogP contribution < -0.4 is 5.32 Å². The molecule has 110 valence electrons. The van der Waals surface area contributed by atoms with Gasteiger partial charge < -0.3 is 5.32 Å². The van der Waals surface area contributed by atoms with E-state index in [2.05, 4.69) is 27.9 Å². The van der Waals surface area contributed by atoms with Gasteiger partial charge in [0.1, 0.15) is 5.82 Å². The van der Waals surface area contributed by atoms with Gasteiger partial charge in [0.15, 0.2) is 0 Å². The normalized spacial score (nSPS) is 10.7. The second kappa shape index (κ2) is 7.51. The lowest BCUT2D eigenvalue weighted by Gasteiger charge is -2.16. The van der Waals surface area contributed by atoms with Gasteiger partial charge in [0.2, 0.25) is 5.91 Å². The molecule has 2 rings (SSSR count). The summed E-state index contributed by atoms with van der Waals surface area (Å²) >= 11 is 2.18. The minimum Gasteiger partial charge on any atom is -0.324 e. The standard InChI is InChI=1S/C16H16FIN2O/c1-20(10-12-5-4-6-13(17)9-12)11-16(21)19-15-8-3-2-7-14(15)18/h2-9H,10-11H2,1H3,(H,19,21). The van der Waals surface area contributed by atoms with Crippen LogP contribution in [0, 0.1) is 9.39 Å². The van der Waals surface area contributed by atoms with Crippen molar-refractivity contribution >= 4 is 34.2 Å². The highest BCUT2D eigenvalue weighted by Gasteiger charge is 2.09. The monoisotopic (exact) mass is 398 g/mol. The maximum atomic E-state index is 13.1. The third kappa shape index (κ3) is 5.09. The SMILES string of the molecule is CN(CC(=O)Nc1ccccc1I)Cc1cccc(F)c1. The van der Waals surface area contributed by atoms with Gasteiger partial charge in [0.05, 0.1) is 12.2 Å². The first-order valence-corrected chi connectivity index (χ1v) is 7.60. The summed E-state index contributed by atoms with van der Waals surface area (Å²) in [7, 11) is 1.83. The molecule has 0 aliphatic rings. The van der Waals surface area contributed by atoms with Crippen molar-refractivity contribution < 1.29 is 9.18 Å². The molecule has 0 atom stereocenters. The fraction of sp³-hybridized carbons (Fsp3) is 0.188. The van der Waals surface area contributed by atoms with Gasteiger partial charge in [-0.15, -0.1) is 0 Å². The number of halogens is 2. The lowest BCUT2D eigenvalue weighted by atomic mass is 10.2. The third-order valence-electron chi connectivity index (χ3n) is 2.90. The maximum Gasteiger partial charge on any atom is 0.238 e. The number of para-hydroxylation sites is 1. The Hall–Kier alpha value is -1.47. The van der Waals surface area contributed by atoms with Crippen LogP contribution in [0.1, 0.15) is 5.56 Å². The van der Waals surface area contributed by atoms with Gasteiger partial charge >= 0.3 is 0 Å². The second-order valence-corrected chi connectivity index (χ2v) is 5.99. The van der Waals surface area contributed by atoms with Gasteiger partial charge in [-0.25, -0.2) is 4.39 Å². The number of amides is 1. The van der Waals surface area contributed by atoms with E-state index in [-0.39, 0.29) is 18.3 Å². The fourth-order valence-corrected chi connectivity index (χ4v) is 2.52. The molecule has 0 aromatic heterocycles. The van der Waals surface area contributed by atoms with Crippen LogP contribution in [0.2, 0.25) is 0 Å². The molecule has 0 bridgehead atoms. The number of anilines is 1. The number of hydrogen-bond acceptors (Lipinski definition) is 2. The highest BCUT2D eigenvalue weighted by atomic mass is 127. The molecule has 1 N–H and O–H groups in total. The summed E-state index contributed by atoms with van der Waals surface area (Å²) in [6, 6.07) is 14.0. The molecule has 5 heteroatoms. The molecule has 0 saturated heterocycles. The van der Waals surface area contributed by atoms with Crippen molar-refractivity contribution in [3.8, 4) is 0 Å². The lowest BCUT2D eigenvalue weighted by molar-refractivity contribution is -0.117. The zero-order valence-electron chi connectivity index (χ0n) is 11.6. The highest BCUT2D eigenvalue weighted by Crippen LogP contribution is 2.16. The molecule has 0 aliphatic carbocycles. The number of nitrogens with zero attached hydrogens (tertiary/aromatic N) is 1. The van der Waals surface area contributed by atoms with Crippen molar-refractivity contribution in [2.24, 2.45) is 0 Å². The number of carbonyl (C=O) groups excluding carboxylic acids is 1. The first-order chi connectivity index (χ1) is 10.0. The van der Waals surface area contributed by atoms with Crippen LogP contribution in [-0.2, 0) is 11.3 Å². The zero-order chi connectivity index (χ0) is 15.2. The first kappa shape index (κ1) is 15.9. The molecule has 1 amide bonds.